The van der Waals surface area contributed by atoms with E-state index in [1.807, 2.05) is 6.07 Å². The van der Waals surface area contributed by atoms with Gasteiger partial charge in [-0.05, 0) is 18.2 Å². The number of hydrogen-bond donors (Lipinski definition) is 1. The normalized spacial score (nSPS) is 10.7. The molecule has 2 heterocycles. The van der Waals surface area contributed by atoms with E-state index in [1.54, 1.807) is 18.3 Å². The number of nitrogens with two attached hydrogens (primary N) is 1. The van der Waals surface area contributed by atoms with E-state index in [0.29, 0.717) is 5.82 Å². The van der Waals surface area contributed by atoms with Crippen LogP contribution in [0.5, 0.6) is 0 Å². The number of thiazole rings is 1. The summed E-state index contributed by atoms with van der Waals surface area (Å²) in [4.78, 5) is 18.7. The molecule has 0 spiro atoms. The second kappa shape index (κ2) is 4.29. The van der Waals surface area contributed by atoms with Crippen molar-refractivity contribution in [3.05, 3.63) is 46.6 Å². The van der Waals surface area contributed by atoms with Crippen molar-refractivity contribution in [3.63, 3.8) is 0 Å². The summed E-state index contributed by atoms with van der Waals surface area (Å²) in [5.74, 6) is 0.445. The molecular formula is C12H8N4O2S. The number of nitrogens with zero attached hydrogens (tertiary/aromatic N) is 3. The van der Waals surface area contributed by atoms with Crippen LogP contribution in [-0.2, 0) is 0 Å². The van der Waals surface area contributed by atoms with Crippen molar-refractivity contribution in [3.8, 4) is 10.6 Å². The Hall–Kier alpha value is -2.54. The zero-order chi connectivity index (χ0) is 13.4. The van der Waals surface area contributed by atoms with Gasteiger partial charge in [-0.1, -0.05) is 0 Å². The lowest BCUT2D eigenvalue weighted by Crippen LogP contribution is -1.88. The highest BCUT2D eigenvalue weighted by Crippen LogP contribution is 2.31. The van der Waals surface area contributed by atoms with Crippen LogP contribution in [0, 0.1) is 10.1 Å². The number of aromatic nitrogens is 2. The van der Waals surface area contributed by atoms with Crippen LogP contribution < -0.4 is 5.73 Å². The van der Waals surface area contributed by atoms with Gasteiger partial charge in [0, 0.05) is 23.9 Å². The van der Waals surface area contributed by atoms with Gasteiger partial charge in [0.05, 0.1) is 15.1 Å². The van der Waals surface area contributed by atoms with Gasteiger partial charge in [0.25, 0.3) is 5.69 Å². The first-order valence-corrected chi connectivity index (χ1v) is 6.22. The molecule has 0 aliphatic carbocycles. The number of pyridine rings is 1. The average molecular weight is 272 g/mol. The van der Waals surface area contributed by atoms with Gasteiger partial charge in [0.15, 0.2) is 0 Å². The van der Waals surface area contributed by atoms with Crippen LogP contribution in [0.25, 0.3) is 20.8 Å². The quantitative estimate of drug-likeness (QED) is 0.571. The summed E-state index contributed by atoms with van der Waals surface area (Å²) in [7, 11) is 0. The molecule has 2 N–H and O–H groups in total. The Morgan fingerprint density at radius 2 is 2.11 bits per heavy atom. The predicted octanol–water partition coefficient (Wildman–Crippen LogP) is 2.85. The summed E-state index contributed by atoms with van der Waals surface area (Å²) in [6.45, 7) is 0. The molecule has 0 amide bonds. The third-order valence-electron chi connectivity index (χ3n) is 2.62. The number of hydrogen-bond acceptors (Lipinski definition) is 6. The molecule has 94 valence electrons. The highest BCUT2D eigenvalue weighted by atomic mass is 32.1. The van der Waals surface area contributed by atoms with E-state index in [-0.39, 0.29) is 5.69 Å². The molecule has 0 unspecified atom stereocenters. The molecule has 3 aromatic rings. The molecule has 0 aliphatic heterocycles. The lowest BCUT2D eigenvalue weighted by Gasteiger charge is -1.94. The molecule has 2 aromatic heterocycles. The molecule has 0 atom stereocenters. The number of nitro groups is 1. The van der Waals surface area contributed by atoms with Crippen LogP contribution in [0.4, 0.5) is 11.5 Å². The number of rotatable bonds is 2. The van der Waals surface area contributed by atoms with Crippen molar-refractivity contribution in [1.29, 1.82) is 0 Å². The molecule has 0 aliphatic rings. The number of nitrogen functional groups attached to an aromatic ring is 1. The van der Waals surface area contributed by atoms with E-state index >= 15 is 0 Å². The number of benzene rings is 1. The highest BCUT2D eigenvalue weighted by molar-refractivity contribution is 7.21. The predicted molar refractivity (Wildman–Crippen MR) is 73.9 cm³/mol. The maximum atomic E-state index is 10.7. The van der Waals surface area contributed by atoms with Gasteiger partial charge in [-0.2, -0.15) is 0 Å². The summed E-state index contributed by atoms with van der Waals surface area (Å²) in [6, 6.07) is 8.16. The van der Waals surface area contributed by atoms with Gasteiger partial charge >= 0.3 is 0 Å². The van der Waals surface area contributed by atoms with Crippen LogP contribution in [-0.4, -0.2) is 14.9 Å². The largest absolute Gasteiger partial charge is 0.384 e. The second-order valence-electron chi connectivity index (χ2n) is 3.90. The molecule has 0 saturated heterocycles. The monoisotopic (exact) mass is 272 g/mol. The van der Waals surface area contributed by atoms with E-state index < -0.39 is 4.92 Å². The van der Waals surface area contributed by atoms with Gasteiger partial charge in [-0.25, -0.2) is 9.97 Å². The zero-order valence-corrected chi connectivity index (χ0v) is 10.4. The molecule has 7 heteroatoms. The van der Waals surface area contributed by atoms with Gasteiger partial charge in [0.1, 0.15) is 10.8 Å². The number of nitro benzene ring substituents is 1. The number of non-ortho nitro benzene ring substituents is 1. The molecule has 0 bridgehead atoms. The maximum Gasteiger partial charge on any atom is 0.270 e. The van der Waals surface area contributed by atoms with Crippen molar-refractivity contribution in [2.45, 2.75) is 0 Å². The topological polar surface area (TPSA) is 94.9 Å². The molecular weight excluding hydrogens is 264 g/mol. The smallest absolute Gasteiger partial charge is 0.270 e. The average Bonchev–Trinajstić information content (AvgIpc) is 2.82. The van der Waals surface area contributed by atoms with Gasteiger partial charge < -0.3 is 5.73 Å². The number of fused-ring (bicyclic) bond motifs is 1. The Balaban J connectivity index is 2.11. The third kappa shape index (κ3) is 2.11. The summed E-state index contributed by atoms with van der Waals surface area (Å²) in [5, 5.41) is 11.5. The van der Waals surface area contributed by atoms with E-state index in [4.69, 9.17) is 5.73 Å². The van der Waals surface area contributed by atoms with Crippen LogP contribution >= 0.6 is 11.3 Å². The first-order chi connectivity index (χ1) is 9.13. The maximum absolute atomic E-state index is 10.7. The van der Waals surface area contributed by atoms with Gasteiger partial charge in [-0.3, -0.25) is 10.1 Å². The van der Waals surface area contributed by atoms with Crippen LogP contribution in [0.1, 0.15) is 0 Å². The SMILES string of the molecule is Nc1ccc(-c2nc3ccc([N+](=O)[O-])cc3s2)cn1. The lowest BCUT2D eigenvalue weighted by atomic mass is 10.3. The second-order valence-corrected chi connectivity index (χ2v) is 4.93. The lowest BCUT2D eigenvalue weighted by molar-refractivity contribution is -0.384. The standard InChI is InChI=1S/C12H8N4O2S/c13-11-4-1-7(6-14-11)12-15-9-3-2-8(16(17)18)5-10(9)19-12/h1-6H,(H2,13,14). The van der Waals surface area contributed by atoms with Crippen LogP contribution in [0.2, 0.25) is 0 Å². The summed E-state index contributed by atoms with van der Waals surface area (Å²) in [6.07, 6.45) is 1.64. The molecule has 0 fully saturated rings. The zero-order valence-electron chi connectivity index (χ0n) is 9.61. The van der Waals surface area contributed by atoms with Crippen molar-refractivity contribution in [1.82, 2.24) is 9.97 Å². The van der Waals surface area contributed by atoms with E-state index in [0.717, 1.165) is 20.8 Å². The van der Waals surface area contributed by atoms with Crippen molar-refractivity contribution in [2.75, 3.05) is 5.73 Å². The summed E-state index contributed by atoms with van der Waals surface area (Å²) < 4.78 is 0.779. The van der Waals surface area contributed by atoms with E-state index in [1.165, 1.54) is 23.5 Å². The minimum atomic E-state index is -0.413. The van der Waals surface area contributed by atoms with Crippen LogP contribution in [0.15, 0.2) is 36.5 Å². The fraction of sp³-hybridized carbons (Fsp3) is 0. The Labute approximate surface area is 111 Å². The fourth-order valence-electron chi connectivity index (χ4n) is 1.68. The summed E-state index contributed by atoms with van der Waals surface area (Å²) >= 11 is 1.39. The van der Waals surface area contributed by atoms with E-state index in [2.05, 4.69) is 9.97 Å². The minimum Gasteiger partial charge on any atom is -0.384 e. The number of anilines is 1. The fourth-order valence-corrected chi connectivity index (χ4v) is 2.67. The van der Waals surface area contributed by atoms with Gasteiger partial charge in [-0.15, -0.1) is 11.3 Å². The van der Waals surface area contributed by atoms with Gasteiger partial charge in [0.2, 0.25) is 0 Å². The van der Waals surface area contributed by atoms with Crippen LogP contribution in [0.3, 0.4) is 0 Å². The third-order valence-corrected chi connectivity index (χ3v) is 3.68. The molecule has 0 radical (unpaired) electrons. The van der Waals surface area contributed by atoms with Crippen molar-refractivity contribution < 1.29 is 4.92 Å². The summed E-state index contributed by atoms with van der Waals surface area (Å²) in [5.41, 5.74) is 7.18. The Kier molecular flexibility index (Phi) is 2.60. The Bertz CT molecular complexity index is 767. The molecule has 0 saturated carbocycles. The van der Waals surface area contributed by atoms with Crippen molar-refractivity contribution in [2.24, 2.45) is 0 Å². The Morgan fingerprint density at radius 3 is 2.79 bits per heavy atom. The molecule has 6 nitrogen and oxygen atoms in total. The van der Waals surface area contributed by atoms with E-state index in [9.17, 15) is 10.1 Å². The Morgan fingerprint density at radius 1 is 1.26 bits per heavy atom. The minimum absolute atomic E-state index is 0.0677. The first kappa shape index (κ1) is 11.5. The molecule has 19 heavy (non-hydrogen) atoms. The molecule has 3 rings (SSSR count). The molecule has 1 aromatic carbocycles. The first-order valence-electron chi connectivity index (χ1n) is 5.40. The highest BCUT2D eigenvalue weighted by Gasteiger charge is 2.11. The van der Waals surface area contributed by atoms with Crippen molar-refractivity contribution >= 4 is 33.1 Å².